The Morgan fingerprint density at radius 1 is 1.42 bits per heavy atom. The summed E-state index contributed by atoms with van der Waals surface area (Å²) in [6.45, 7) is 4.52. The van der Waals surface area contributed by atoms with Crippen LogP contribution in [-0.4, -0.2) is 35.2 Å². The Hall–Kier alpha value is -1.75. The molecule has 19 heavy (non-hydrogen) atoms. The summed E-state index contributed by atoms with van der Waals surface area (Å²) in [7, 11) is 0. The van der Waals surface area contributed by atoms with E-state index in [2.05, 4.69) is 11.8 Å². The Kier molecular flexibility index (Phi) is 4.27. The summed E-state index contributed by atoms with van der Waals surface area (Å²) in [4.78, 5) is 24.3. The van der Waals surface area contributed by atoms with E-state index in [1.54, 1.807) is 0 Å². The lowest BCUT2D eigenvalue weighted by Gasteiger charge is -2.30. The molecule has 102 valence electrons. The quantitative estimate of drug-likeness (QED) is 0.475. The number of nitro groups is 1. The van der Waals surface area contributed by atoms with Gasteiger partial charge in [0.2, 0.25) is 0 Å². The molecule has 1 saturated heterocycles. The fourth-order valence-electron chi connectivity index (χ4n) is 2.49. The maximum absolute atomic E-state index is 12.1. The molecule has 0 radical (unpaired) electrons. The number of hydrogen-bond donors (Lipinski definition) is 0. The Labute approximate surface area is 112 Å². The molecule has 1 atom stereocenters. The van der Waals surface area contributed by atoms with Gasteiger partial charge in [-0.3, -0.25) is 19.8 Å². The first kappa shape index (κ1) is 13.7. The molecule has 0 aromatic heterocycles. The Morgan fingerprint density at radius 2 is 2.11 bits per heavy atom. The monoisotopic (exact) mass is 262 g/mol. The van der Waals surface area contributed by atoms with Gasteiger partial charge >= 0.3 is 0 Å². The standard InChI is InChI=1S/C14H18N2O3/c1-11-3-2-8-15(9-11)10-14(17)12-4-6-13(7-5-12)16(18)19/h4-7,11H,2-3,8-10H2,1H3. The third-order valence-corrected chi connectivity index (χ3v) is 3.51. The van der Waals surface area contributed by atoms with Crippen LogP contribution in [0, 0.1) is 16.0 Å². The summed E-state index contributed by atoms with van der Waals surface area (Å²) in [5.41, 5.74) is 0.562. The van der Waals surface area contributed by atoms with Crippen LogP contribution < -0.4 is 0 Å². The second-order valence-electron chi connectivity index (χ2n) is 5.21. The number of likely N-dealkylation sites (tertiary alicyclic amines) is 1. The van der Waals surface area contributed by atoms with Crippen molar-refractivity contribution in [2.24, 2.45) is 5.92 Å². The predicted molar refractivity (Wildman–Crippen MR) is 72.3 cm³/mol. The van der Waals surface area contributed by atoms with Gasteiger partial charge in [-0.15, -0.1) is 0 Å². The molecule has 1 aliphatic heterocycles. The van der Waals surface area contributed by atoms with Crippen molar-refractivity contribution in [3.63, 3.8) is 0 Å². The number of carbonyl (C=O) groups excluding carboxylic acids is 1. The van der Waals surface area contributed by atoms with E-state index in [9.17, 15) is 14.9 Å². The molecule has 0 aliphatic carbocycles. The second kappa shape index (κ2) is 5.93. The molecule has 0 saturated carbocycles. The van der Waals surface area contributed by atoms with Crippen molar-refractivity contribution in [2.75, 3.05) is 19.6 Å². The minimum absolute atomic E-state index is 0.0168. The summed E-state index contributed by atoms with van der Waals surface area (Å²) >= 11 is 0. The van der Waals surface area contributed by atoms with E-state index in [4.69, 9.17) is 0 Å². The van der Waals surface area contributed by atoms with Crippen LogP contribution in [0.4, 0.5) is 5.69 Å². The van der Waals surface area contributed by atoms with Crippen LogP contribution in [0.3, 0.4) is 0 Å². The van der Waals surface area contributed by atoms with E-state index in [0.29, 0.717) is 18.0 Å². The zero-order chi connectivity index (χ0) is 13.8. The molecule has 1 fully saturated rings. The number of benzene rings is 1. The topological polar surface area (TPSA) is 63.5 Å². The molecular formula is C14H18N2O3. The highest BCUT2D eigenvalue weighted by Gasteiger charge is 2.19. The molecule has 5 heteroatoms. The maximum Gasteiger partial charge on any atom is 0.269 e. The third-order valence-electron chi connectivity index (χ3n) is 3.51. The summed E-state index contributed by atoms with van der Waals surface area (Å²) in [5.74, 6) is 0.669. The van der Waals surface area contributed by atoms with Gasteiger partial charge in [0.1, 0.15) is 0 Å². The number of rotatable bonds is 4. The van der Waals surface area contributed by atoms with E-state index in [0.717, 1.165) is 19.5 Å². The summed E-state index contributed by atoms with van der Waals surface area (Å²) < 4.78 is 0. The van der Waals surface area contributed by atoms with Crippen LogP contribution in [0.25, 0.3) is 0 Å². The lowest BCUT2D eigenvalue weighted by molar-refractivity contribution is -0.384. The van der Waals surface area contributed by atoms with Crippen molar-refractivity contribution in [3.8, 4) is 0 Å². The van der Waals surface area contributed by atoms with Crippen LogP contribution in [0.15, 0.2) is 24.3 Å². The van der Waals surface area contributed by atoms with Crippen LogP contribution >= 0.6 is 0 Å². The van der Waals surface area contributed by atoms with Gasteiger partial charge in [-0.05, 0) is 37.4 Å². The van der Waals surface area contributed by atoms with E-state index >= 15 is 0 Å². The third kappa shape index (κ3) is 3.61. The molecule has 1 unspecified atom stereocenters. The van der Waals surface area contributed by atoms with Gasteiger partial charge < -0.3 is 0 Å². The number of nitro benzene ring substituents is 1. The van der Waals surface area contributed by atoms with E-state index in [1.807, 2.05) is 0 Å². The molecule has 0 amide bonds. The molecule has 5 nitrogen and oxygen atoms in total. The fraction of sp³-hybridized carbons (Fsp3) is 0.500. The Bertz CT molecular complexity index is 470. The van der Waals surface area contributed by atoms with Gasteiger partial charge in [0.15, 0.2) is 5.78 Å². The fourth-order valence-corrected chi connectivity index (χ4v) is 2.49. The molecule has 1 aromatic rings. The molecule has 0 spiro atoms. The minimum atomic E-state index is -0.458. The van der Waals surface area contributed by atoms with Gasteiger partial charge in [-0.1, -0.05) is 6.92 Å². The molecule has 1 aliphatic rings. The van der Waals surface area contributed by atoms with Crippen molar-refractivity contribution < 1.29 is 9.72 Å². The number of hydrogen-bond acceptors (Lipinski definition) is 4. The first-order chi connectivity index (χ1) is 9.06. The number of ketones is 1. The highest BCUT2D eigenvalue weighted by Crippen LogP contribution is 2.17. The van der Waals surface area contributed by atoms with Crippen LogP contribution in [0.1, 0.15) is 30.1 Å². The van der Waals surface area contributed by atoms with Gasteiger partial charge in [0.05, 0.1) is 11.5 Å². The van der Waals surface area contributed by atoms with Gasteiger partial charge in [-0.2, -0.15) is 0 Å². The normalized spacial score (nSPS) is 20.2. The van der Waals surface area contributed by atoms with Crippen molar-refractivity contribution in [1.29, 1.82) is 0 Å². The Morgan fingerprint density at radius 3 is 2.68 bits per heavy atom. The zero-order valence-electron chi connectivity index (χ0n) is 11.0. The van der Waals surface area contributed by atoms with Gasteiger partial charge in [0, 0.05) is 24.2 Å². The maximum atomic E-state index is 12.1. The second-order valence-corrected chi connectivity index (χ2v) is 5.21. The van der Waals surface area contributed by atoms with Crippen LogP contribution in [0.5, 0.6) is 0 Å². The van der Waals surface area contributed by atoms with E-state index in [-0.39, 0.29) is 11.5 Å². The average molecular weight is 262 g/mol. The number of carbonyl (C=O) groups is 1. The smallest absolute Gasteiger partial charge is 0.269 e. The zero-order valence-corrected chi connectivity index (χ0v) is 11.0. The van der Waals surface area contributed by atoms with E-state index in [1.165, 1.54) is 30.7 Å². The average Bonchev–Trinajstić information content (AvgIpc) is 2.39. The SMILES string of the molecule is CC1CCCN(CC(=O)c2ccc([N+](=O)[O-])cc2)C1. The van der Waals surface area contributed by atoms with Gasteiger partial charge in [-0.25, -0.2) is 0 Å². The summed E-state index contributed by atoms with van der Waals surface area (Å²) in [6.07, 6.45) is 2.36. The largest absolute Gasteiger partial charge is 0.296 e. The first-order valence-electron chi connectivity index (χ1n) is 6.56. The Balaban J connectivity index is 1.97. The molecule has 1 heterocycles. The lowest BCUT2D eigenvalue weighted by atomic mass is 9.99. The minimum Gasteiger partial charge on any atom is -0.296 e. The highest BCUT2D eigenvalue weighted by atomic mass is 16.6. The molecular weight excluding hydrogens is 244 g/mol. The molecule has 0 bridgehead atoms. The lowest BCUT2D eigenvalue weighted by Crippen LogP contribution is -2.37. The van der Waals surface area contributed by atoms with Crippen molar-refractivity contribution in [3.05, 3.63) is 39.9 Å². The number of non-ortho nitro benzene ring substituents is 1. The van der Waals surface area contributed by atoms with Crippen molar-refractivity contribution in [1.82, 2.24) is 4.90 Å². The van der Waals surface area contributed by atoms with E-state index < -0.39 is 4.92 Å². The van der Waals surface area contributed by atoms with Crippen LogP contribution in [0.2, 0.25) is 0 Å². The highest BCUT2D eigenvalue weighted by molar-refractivity contribution is 5.97. The molecule has 1 aromatic carbocycles. The number of nitrogens with zero attached hydrogens (tertiary/aromatic N) is 2. The predicted octanol–water partition coefficient (Wildman–Crippen LogP) is 2.51. The first-order valence-corrected chi connectivity index (χ1v) is 6.56. The molecule has 0 N–H and O–H groups in total. The number of piperidine rings is 1. The summed E-state index contributed by atoms with van der Waals surface area (Å²) in [5, 5.41) is 10.5. The molecule has 2 rings (SSSR count). The summed E-state index contributed by atoms with van der Waals surface area (Å²) in [6, 6.07) is 5.83. The van der Waals surface area contributed by atoms with Gasteiger partial charge in [0.25, 0.3) is 5.69 Å². The van der Waals surface area contributed by atoms with Crippen LogP contribution in [-0.2, 0) is 0 Å². The van der Waals surface area contributed by atoms with Crippen molar-refractivity contribution in [2.45, 2.75) is 19.8 Å². The van der Waals surface area contributed by atoms with Crippen molar-refractivity contribution >= 4 is 11.5 Å². The number of Topliss-reactive ketones (excluding diaryl/α,β-unsaturated/α-hetero) is 1.